The second-order valence-corrected chi connectivity index (χ2v) is 6.62. The Bertz CT molecular complexity index is 1180. The molecule has 0 saturated carbocycles. The van der Waals surface area contributed by atoms with Crippen molar-refractivity contribution < 1.29 is 14.3 Å². The Morgan fingerprint density at radius 3 is 2.33 bits per heavy atom. The maximum atomic E-state index is 13.1. The van der Waals surface area contributed by atoms with Crippen LogP contribution < -0.4 is 5.32 Å². The molecular formula is C24H18FN3O2. The van der Waals surface area contributed by atoms with Crippen LogP contribution >= 0.6 is 0 Å². The number of aromatic carboxylic acids is 1. The summed E-state index contributed by atoms with van der Waals surface area (Å²) in [5.74, 6) is -1.39. The molecule has 0 bridgehead atoms. The lowest BCUT2D eigenvalue weighted by molar-refractivity contribution is 0.0698. The van der Waals surface area contributed by atoms with Crippen molar-refractivity contribution in [2.45, 2.75) is 0 Å². The molecule has 0 saturated heterocycles. The first kappa shape index (κ1) is 19.1. The van der Waals surface area contributed by atoms with E-state index in [9.17, 15) is 14.3 Å². The Morgan fingerprint density at radius 2 is 1.67 bits per heavy atom. The van der Waals surface area contributed by atoms with Crippen LogP contribution in [0.2, 0.25) is 0 Å². The molecule has 0 aliphatic heterocycles. The molecule has 2 N–H and O–H groups in total. The lowest BCUT2D eigenvalue weighted by Gasteiger charge is -2.11. The van der Waals surface area contributed by atoms with Gasteiger partial charge in [0.15, 0.2) is 0 Å². The number of halogens is 1. The predicted octanol–water partition coefficient (Wildman–Crippen LogP) is 5.62. The summed E-state index contributed by atoms with van der Waals surface area (Å²) in [6, 6.07) is 20.6. The van der Waals surface area contributed by atoms with E-state index >= 15 is 0 Å². The van der Waals surface area contributed by atoms with Gasteiger partial charge in [0.05, 0.1) is 16.9 Å². The monoisotopic (exact) mass is 399 g/mol. The number of carbonyl (C=O) groups is 1. The summed E-state index contributed by atoms with van der Waals surface area (Å²) in [5, 5.41) is 16.7. The van der Waals surface area contributed by atoms with Gasteiger partial charge >= 0.3 is 5.97 Å². The predicted molar refractivity (Wildman–Crippen MR) is 116 cm³/mol. The van der Waals surface area contributed by atoms with E-state index in [1.807, 2.05) is 48.7 Å². The van der Waals surface area contributed by atoms with E-state index in [0.29, 0.717) is 11.4 Å². The van der Waals surface area contributed by atoms with Crippen molar-refractivity contribution in [3.8, 4) is 5.69 Å². The molecule has 0 fully saturated rings. The number of anilines is 2. The molecule has 1 heterocycles. The average Bonchev–Trinajstić information content (AvgIpc) is 3.29. The Balaban J connectivity index is 1.56. The van der Waals surface area contributed by atoms with Gasteiger partial charge in [-0.3, -0.25) is 0 Å². The minimum Gasteiger partial charge on any atom is -0.478 e. The number of nitrogens with one attached hydrogen (secondary N) is 1. The number of hydrogen-bond acceptors (Lipinski definition) is 3. The minimum absolute atomic E-state index is 0.139. The molecule has 0 spiro atoms. The molecule has 4 aromatic rings. The van der Waals surface area contributed by atoms with Gasteiger partial charge in [0.1, 0.15) is 5.82 Å². The van der Waals surface area contributed by atoms with Crippen molar-refractivity contribution in [1.82, 2.24) is 9.78 Å². The summed E-state index contributed by atoms with van der Waals surface area (Å²) in [4.78, 5) is 11.6. The number of hydrogen-bond donors (Lipinski definition) is 2. The maximum absolute atomic E-state index is 13.1. The van der Waals surface area contributed by atoms with Gasteiger partial charge in [0.2, 0.25) is 0 Å². The van der Waals surface area contributed by atoms with Gasteiger partial charge in [0, 0.05) is 18.1 Å². The topological polar surface area (TPSA) is 67.1 Å². The lowest BCUT2D eigenvalue weighted by atomic mass is 10.1. The molecule has 30 heavy (non-hydrogen) atoms. The highest BCUT2D eigenvalue weighted by molar-refractivity contribution is 5.96. The van der Waals surface area contributed by atoms with E-state index in [4.69, 9.17) is 0 Å². The molecule has 0 radical (unpaired) electrons. The Kier molecular flexibility index (Phi) is 5.39. The highest BCUT2D eigenvalue weighted by Crippen LogP contribution is 2.24. The number of carboxylic acid groups (broad SMARTS) is 1. The molecule has 0 aliphatic rings. The molecule has 1 aromatic heterocycles. The third kappa shape index (κ3) is 4.44. The highest BCUT2D eigenvalue weighted by atomic mass is 19.1. The first-order chi connectivity index (χ1) is 14.6. The van der Waals surface area contributed by atoms with Crippen LogP contribution in [0.15, 0.2) is 85.2 Å². The maximum Gasteiger partial charge on any atom is 0.337 e. The third-order valence-electron chi connectivity index (χ3n) is 4.53. The Hall–Kier alpha value is -4.19. The van der Waals surface area contributed by atoms with E-state index in [1.54, 1.807) is 41.2 Å². The molecule has 0 aliphatic carbocycles. The fourth-order valence-electron chi connectivity index (χ4n) is 3.00. The number of rotatable bonds is 6. The molecule has 5 nitrogen and oxygen atoms in total. The van der Waals surface area contributed by atoms with Crippen LogP contribution in [0.1, 0.15) is 21.5 Å². The Labute approximate surface area is 172 Å². The molecule has 0 atom stereocenters. The Morgan fingerprint density at radius 1 is 0.967 bits per heavy atom. The fourth-order valence-corrected chi connectivity index (χ4v) is 3.00. The smallest absolute Gasteiger partial charge is 0.337 e. The second kappa shape index (κ2) is 8.45. The minimum atomic E-state index is -1.04. The number of carboxylic acids is 1. The first-order valence-corrected chi connectivity index (χ1v) is 9.26. The van der Waals surface area contributed by atoms with Gasteiger partial charge in [-0.05, 0) is 65.7 Å². The molecular weight excluding hydrogens is 381 g/mol. The third-order valence-corrected chi connectivity index (χ3v) is 4.53. The van der Waals surface area contributed by atoms with Crippen molar-refractivity contribution >= 4 is 29.5 Å². The van der Waals surface area contributed by atoms with E-state index in [-0.39, 0.29) is 11.4 Å². The average molecular weight is 399 g/mol. The quantitative estimate of drug-likeness (QED) is 0.413. The van der Waals surface area contributed by atoms with E-state index in [2.05, 4.69) is 10.4 Å². The van der Waals surface area contributed by atoms with Crippen LogP contribution in [0.5, 0.6) is 0 Å². The van der Waals surface area contributed by atoms with Crippen LogP contribution in [-0.2, 0) is 0 Å². The molecule has 0 unspecified atom stereocenters. The van der Waals surface area contributed by atoms with Crippen LogP contribution in [0.3, 0.4) is 0 Å². The summed E-state index contributed by atoms with van der Waals surface area (Å²) in [5.41, 5.74) is 3.98. The van der Waals surface area contributed by atoms with Gasteiger partial charge in [0.25, 0.3) is 0 Å². The number of aromatic nitrogens is 2. The standard InChI is InChI=1S/C24H18FN3O2/c25-19-7-9-20(10-8-19)27-23-16-18(6-13-22(23)24(29)30)3-2-17-4-11-21(12-5-17)28-15-1-14-26-28/h1-16,27H,(H,29,30)/b3-2+. The summed E-state index contributed by atoms with van der Waals surface area (Å²) in [6.45, 7) is 0. The second-order valence-electron chi connectivity index (χ2n) is 6.62. The molecule has 3 aromatic carbocycles. The van der Waals surface area contributed by atoms with Crippen molar-refractivity contribution in [1.29, 1.82) is 0 Å². The number of nitrogens with zero attached hydrogens (tertiary/aromatic N) is 2. The zero-order valence-electron chi connectivity index (χ0n) is 15.9. The normalized spacial score (nSPS) is 11.0. The van der Waals surface area contributed by atoms with Crippen LogP contribution in [0, 0.1) is 5.82 Å². The van der Waals surface area contributed by atoms with E-state index < -0.39 is 5.97 Å². The first-order valence-electron chi connectivity index (χ1n) is 9.26. The van der Waals surface area contributed by atoms with Crippen molar-refractivity contribution in [3.63, 3.8) is 0 Å². The molecule has 0 amide bonds. The summed E-state index contributed by atoms with van der Waals surface area (Å²) in [7, 11) is 0. The fraction of sp³-hybridized carbons (Fsp3) is 0. The van der Waals surface area contributed by atoms with Gasteiger partial charge in [-0.2, -0.15) is 5.10 Å². The molecule has 6 heteroatoms. The molecule has 4 rings (SSSR count). The van der Waals surface area contributed by atoms with Gasteiger partial charge < -0.3 is 10.4 Å². The van der Waals surface area contributed by atoms with Crippen molar-refractivity contribution in [2.24, 2.45) is 0 Å². The van der Waals surface area contributed by atoms with Gasteiger partial charge in [-0.25, -0.2) is 13.9 Å². The largest absolute Gasteiger partial charge is 0.478 e. The van der Waals surface area contributed by atoms with Gasteiger partial charge in [-0.1, -0.05) is 30.4 Å². The van der Waals surface area contributed by atoms with Crippen molar-refractivity contribution in [2.75, 3.05) is 5.32 Å². The van der Waals surface area contributed by atoms with Crippen LogP contribution in [-0.4, -0.2) is 20.9 Å². The lowest BCUT2D eigenvalue weighted by Crippen LogP contribution is -2.03. The summed E-state index contributed by atoms with van der Waals surface area (Å²) < 4.78 is 14.9. The van der Waals surface area contributed by atoms with Crippen molar-refractivity contribution in [3.05, 3.63) is 108 Å². The SMILES string of the molecule is O=C(O)c1ccc(/C=C/c2ccc(-n3cccn3)cc2)cc1Nc1ccc(F)cc1. The zero-order valence-corrected chi connectivity index (χ0v) is 15.9. The summed E-state index contributed by atoms with van der Waals surface area (Å²) >= 11 is 0. The molecule has 148 valence electrons. The van der Waals surface area contributed by atoms with E-state index in [0.717, 1.165) is 16.8 Å². The van der Waals surface area contributed by atoms with Gasteiger partial charge in [-0.15, -0.1) is 0 Å². The number of benzene rings is 3. The zero-order chi connectivity index (χ0) is 20.9. The van der Waals surface area contributed by atoms with Crippen LogP contribution in [0.4, 0.5) is 15.8 Å². The van der Waals surface area contributed by atoms with Crippen LogP contribution in [0.25, 0.3) is 17.8 Å². The highest BCUT2D eigenvalue weighted by Gasteiger charge is 2.10. The van der Waals surface area contributed by atoms with E-state index in [1.165, 1.54) is 12.1 Å². The summed E-state index contributed by atoms with van der Waals surface area (Å²) in [6.07, 6.45) is 7.46.